The van der Waals surface area contributed by atoms with Crippen molar-refractivity contribution in [2.45, 2.75) is 107 Å². The molecular formula is C26H47IO2. The van der Waals surface area contributed by atoms with E-state index in [1.54, 1.807) is 5.57 Å². The molecule has 1 aliphatic carbocycles. The molecule has 29 heavy (non-hydrogen) atoms. The summed E-state index contributed by atoms with van der Waals surface area (Å²) in [6.45, 7) is 21.6. The van der Waals surface area contributed by atoms with E-state index < -0.39 is 0 Å². The first-order valence-corrected chi connectivity index (χ1v) is 12.6. The lowest BCUT2D eigenvalue weighted by Gasteiger charge is -2.39. The van der Waals surface area contributed by atoms with Crippen molar-refractivity contribution in [1.29, 1.82) is 0 Å². The molecule has 0 aromatic carbocycles. The van der Waals surface area contributed by atoms with Crippen LogP contribution in [0, 0.1) is 33.5 Å². The predicted octanol–water partition coefficient (Wildman–Crippen LogP) is 8.58. The van der Waals surface area contributed by atoms with Crippen molar-refractivity contribution in [2.24, 2.45) is 33.5 Å². The molecule has 0 radical (unpaired) electrons. The number of allylic oxidation sites excluding steroid dienone is 1. The predicted molar refractivity (Wildman–Crippen MR) is 134 cm³/mol. The van der Waals surface area contributed by atoms with Crippen molar-refractivity contribution in [3.63, 3.8) is 0 Å². The highest BCUT2D eigenvalue weighted by Gasteiger charge is 2.43. The van der Waals surface area contributed by atoms with Gasteiger partial charge in [0.25, 0.3) is 0 Å². The fourth-order valence-corrected chi connectivity index (χ4v) is 6.89. The second kappa shape index (κ2) is 10.0. The van der Waals surface area contributed by atoms with Crippen LogP contribution >= 0.6 is 22.6 Å². The molecule has 1 fully saturated rings. The van der Waals surface area contributed by atoms with Gasteiger partial charge in [0.2, 0.25) is 0 Å². The molecule has 3 heteroatoms. The highest BCUT2D eigenvalue weighted by Crippen LogP contribution is 2.52. The summed E-state index contributed by atoms with van der Waals surface area (Å²) in [5, 5.41) is 0. The zero-order chi connectivity index (χ0) is 22.7. The third-order valence-electron chi connectivity index (χ3n) is 6.54. The standard InChI is InChI=1S/C26H47IO2/c1-23(2,3)17-24(4,5)12-11-21(16-27)26(8,9)18-25(6,7)15-20-13-19(20)14-22(28)29-10/h16,19-20H,11-15,17-18H2,1-10H3/b21-16+. The van der Waals surface area contributed by atoms with Crippen molar-refractivity contribution >= 4 is 28.6 Å². The highest BCUT2D eigenvalue weighted by atomic mass is 127. The Kier molecular flexibility index (Phi) is 9.34. The van der Waals surface area contributed by atoms with Crippen molar-refractivity contribution in [3.8, 4) is 0 Å². The van der Waals surface area contributed by atoms with Crippen LogP contribution in [0.25, 0.3) is 0 Å². The number of rotatable bonds is 11. The third-order valence-corrected chi connectivity index (χ3v) is 7.29. The quantitative estimate of drug-likeness (QED) is 0.202. The van der Waals surface area contributed by atoms with E-state index in [4.69, 9.17) is 4.74 Å². The van der Waals surface area contributed by atoms with E-state index in [2.05, 4.69) is 89.0 Å². The smallest absolute Gasteiger partial charge is 0.305 e. The zero-order valence-corrected chi connectivity index (χ0v) is 23.0. The van der Waals surface area contributed by atoms with Crippen molar-refractivity contribution in [1.82, 2.24) is 0 Å². The molecule has 0 bridgehead atoms. The van der Waals surface area contributed by atoms with E-state index in [0.717, 1.165) is 0 Å². The number of carbonyl (C=O) groups is 1. The normalized spacial score (nSPS) is 21.3. The van der Waals surface area contributed by atoms with Crippen LogP contribution in [0.5, 0.6) is 0 Å². The summed E-state index contributed by atoms with van der Waals surface area (Å²) in [7, 11) is 1.49. The Hall–Kier alpha value is -0.0600. The van der Waals surface area contributed by atoms with Gasteiger partial charge in [-0.1, -0.05) is 90.5 Å². The van der Waals surface area contributed by atoms with Crippen molar-refractivity contribution in [2.75, 3.05) is 7.11 Å². The zero-order valence-electron chi connectivity index (χ0n) is 20.9. The number of methoxy groups -OCH3 is 1. The van der Waals surface area contributed by atoms with Crippen LogP contribution in [0.1, 0.15) is 107 Å². The van der Waals surface area contributed by atoms with Gasteiger partial charge in [-0.15, -0.1) is 0 Å². The molecule has 2 atom stereocenters. The SMILES string of the molecule is COC(=O)CC1CC1CC(C)(C)CC(C)(C)/C(=C/I)CCC(C)(C)CC(C)(C)C. The first kappa shape index (κ1) is 27.0. The van der Waals surface area contributed by atoms with Gasteiger partial charge in [0, 0.05) is 6.42 Å². The van der Waals surface area contributed by atoms with Gasteiger partial charge in [-0.05, 0) is 76.1 Å². The number of ether oxygens (including phenoxy) is 1. The first-order chi connectivity index (χ1) is 13.0. The summed E-state index contributed by atoms with van der Waals surface area (Å²) in [6, 6.07) is 0. The molecule has 0 aromatic heterocycles. The Labute approximate surface area is 195 Å². The number of hydrogen-bond donors (Lipinski definition) is 0. The van der Waals surface area contributed by atoms with Crippen LogP contribution < -0.4 is 0 Å². The summed E-state index contributed by atoms with van der Waals surface area (Å²) in [5.74, 6) is 1.18. The summed E-state index contributed by atoms with van der Waals surface area (Å²) in [5.41, 5.74) is 2.82. The molecule has 0 saturated heterocycles. The van der Waals surface area contributed by atoms with Crippen LogP contribution in [0.15, 0.2) is 9.66 Å². The molecule has 0 spiro atoms. The highest BCUT2D eigenvalue weighted by molar-refractivity contribution is 14.1. The minimum absolute atomic E-state index is 0.0522. The molecule has 2 unspecified atom stereocenters. The van der Waals surface area contributed by atoms with Gasteiger partial charge >= 0.3 is 5.97 Å². The fourth-order valence-electron chi connectivity index (χ4n) is 5.74. The van der Waals surface area contributed by atoms with Gasteiger partial charge in [0.05, 0.1) is 7.11 Å². The molecule has 170 valence electrons. The van der Waals surface area contributed by atoms with E-state index in [-0.39, 0.29) is 16.8 Å². The van der Waals surface area contributed by atoms with Crippen molar-refractivity contribution < 1.29 is 9.53 Å². The van der Waals surface area contributed by atoms with Gasteiger partial charge in [0.15, 0.2) is 0 Å². The van der Waals surface area contributed by atoms with Crippen LogP contribution in [0.4, 0.5) is 0 Å². The Bertz CT molecular complexity index is 578. The fraction of sp³-hybridized carbons (Fsp3) is 0.885. The van der Waals surface area contributed by atoms with Crippen LogP contribution in [0.3, 0.4) is 0 Å². The average molecular weight is 519 g/mol. The molecule has 0 aromatic rings. The van der Waals surface area contributed by atoms with E-state index in [0.29, 0.717) is 29.1 Å². The lowest BCUT2D eigenvalue weighted by Crippen LogP contribution is -2.27. The molecule has 0 aliphatic heterocycles. The molecule has 2 nitrogen and oxygen atoms in total. The molecule has 0 N–H and O–H groups in total. The molecule has 1 aliphatic rings. The lowest BCUT2D eigenvalue weighted by molar-refractivity contribution is -0.141. The molecular weight excluding hydrogens is 471 g/mol. The summed E-state index contributed by atoms with van der Waals surface area (Å²) in [6.07, 6.45) is 7.87. The van der Waals surface area contributed by atoms with E-state index in [1.807, 2.05) is 0 Å². The van der Waals surface area contributed by atoms with Crippen LogP contribution in [-0.2, 0) is 9.53 Å². The maximum absolute atomic E-state index is 11.5. The largest absolute Gasteiger partial charge is 0.469 e. The second-order valence-electron chi connectivity index (χ2n) is 13.0. The second-order valence-corrected chi connectivity index (χ2v) is 13.6. The topological polar surface area (TPSA) is 26.3 Å². The summed E-state index contributed by atoms with van der Waals surface area (Å²) < 4.78 is 7.19. The number of esters is 1. The van der Waals surface area contributed by atoms with Gasteiger partial charge in [-0.25, -0.2) is 0 Å². The Balaban J connectivity index is 2.65. The monoisotopic (exact) mass is 518 g/mol. The van der Waals surface area contributed by atoms with Crippen molar-refractivity contribution in [3.05, 3.63) is 9.66 Å². The average Bonchev–Trinajstić information content (AvgIpc) is 3.19. The van der Waals surface area contributed by atoms with Crippen LogP contribution in [0.2, 0.25) is 0 Å². The first-order valence-electron chi connectivity index (χ1n) is 11.4. The Morgan fingerprint density at radius 3 is 2.03 bits per heavy atom. The minimum Gasteiger partial charge on any atom is -0.469 e. The summed E-state index contributed by atoms with van der Waals surface area (Å²) >= 11 is 2.45. The van der Waals surface area contributed by atoms with Crippen LogP contribution in [-0.4, -0.2) is 13.1 Å². The third kappa shape index (κ3) is 10.2. The van der Waals surface area contributed by atoms with Gasteiger partial charge in [-0.3, -0.25) is 4.79 Å². The molecule has 0 heterocycles. The van der Waals surface area contributed by atoms with Gasteiger partial charge in [0.1, 0.15) is 0 Å². The molecule has 0 amide bonds. The molecule has 1 saturated carbocycles. The Morgan fingerprint density at radius 2 is 1.55 bits per heavy atom. The lowest BCUT2D eigenvalue weighted by atomic mass is 9.67. The Morgan fingerprint density at radius 1 is 0.966 bits per heavy atom. The number of hydrogen-bond acceptors (Lipinski definition) is 2. The maximum atomic E-state index is 11.5. The van der Waals surface area contributed by atoms with E-state index in [1.165, 1.54) is 45.6 Å². The molecule has 1 rings (SSSR count). The maximum Gasteiger partial charge on any atom is 0.305 e. The number of carbonyl (C=O) groups excluding carboxylic acids is 1. The van der Waals surface area contributed by atoms with E-state index >= 15 is 0 Å². The van der Waals surface area contributed by atoms with E-state index in [9.17, 15) is 4.79 Å². The van der Waals surface area contributed by atoms with Gasteiger partial charge in [-0.2, -0.15) is 0 Å². The number of halogens is 1. The minimum atomic E-state index is -0.0522. The summed E-state index contributed by atoms with van der Waals surface area (Å²) in [4.78, 5) is 11.5. The van der Waals surface area contributed by atoms with Gasteiger partial charge < -0.3 is 4.74 Å².